The third-order valence-electron chi connectivity index (χ3n) is 2.10. The Morgan fingerprint density at radius 2 is 2.15 bits per heavy atom. The van der Waals surface area contributed by atoms with Crippen molar-refractivity contribution in [3.05, 3.63) is 12.2 Å². The van der Waals surface area contributed by atoms with Crippen LogP contribution in [0.15, 0.2) is 12.2 Å². The van der Waals surface area contributed by atoms with Crippen LogP contribution in [0, 0.1) is 5.92 Å². The highest BCUT2D eigenvalue weighted by atomic mass is 31.0. The second kappa shape index (κ2) is 10.2. The maximum Gasteiger partial charge on any atom is 0.0462 e. The van der Waals surface area contributed by atoms with Crippen LogP contribution in [0.2, 0.25) is 0 Å². The van der Waals surface area contributed by atoms with E-state index in [0.29, 0.717) is 0 Å². The van der Waals surface area contributed by atoms with E-state index < -0.39 is 0 Å². The van der Waals surface area contributed by atoms with Crippen molar-refractivity contribution in [1.82, 2.24) is 0 Å². The second-order valence-electron chi connectivity index (χ2n) is 3.31. The summed E-state index contributed by atoms with van der Waals surface area (Å²) in [6.45, 7) is 3.08. The maximum absolute atomic E-state index is 5.05. The van der Waals surface area contributed by atoms with Crippen molar-refractivity contribution < 1.29 is 4.74 Å². The Labute approximate surface area is 85.1 Å². The third kappa shape index (κ3) is 8.46. The zero-order valence-corrected chi connectivity index (χ0v) is 10.1. The van der Waals surface area contributed by atoms with Gasteiger partial charge >= 0.3 is 0 Å². The van der Waals surface area contributed by atoms with Crippen LogP contribution < -0.4 is 0 Å². The van der Waals surface area contributed by atoms with E-state index >= 15 is 0 Å². The van der Waals surface area contributed by atoms with Crippen molar-refractivity contribution in [3.63, 3.8) is 0 Å². The first-order chi connectivity index (χ1) is 6.35. The van der Waals surface area contributed by atoms with Crippen molar-refractivity contribution in [1.29, 1.82) is 0 Å². The number of hydrogen-bond acceptors (Lipinski definition) is 1. The van der Waals surface area contributed by atoms with Crippen molar-refractivity contribution in [2.45, 2.75) is 32.6 Å². The summed E-state index contributed by atoms with van der Waals surface area (Å²) in [6.07, 6.45) is 10.7. The van der Waals surface area contributed by atoms with Gasteiger partial charge in [0.25, 0.3) is 0 Å². The van der Waals surface area contributed by atoms with Gasteiger partial charge in [-0.2, -0.15) is 0 Å². The van der Waals surface area contributed by atoms with Crippen LogP contribution in [0.5, 0.6) is 0 Å². The molecule has 2 heteroatoms. The molecule has 1 nitrogen and oxygen atoms in total. The summed E-state index contributed by atoms with van der Waals surface area (Å²) >= 11 is 0. The summed E-state index contributed by atoms with van der Waals surface area (Å²) in [6, 6.07) is 0. The summed E-state index contributed by atoms with van der Waals surface area (Å²) in [5.74, 6) is 0.757. The van der Waals surface area contributed by atoms with Gasteiger partial charge in [0.05, 0.1) is 0 Å². The second-order valence-corrected chi connectivity index (χ2v) is 3.89. The molecule has 2 atom stereocenters. The van der Waals surface area contributed by atoms with E-state index in [9.17, 15) is 0 Å². The molecular weight excluding hydrogens is 179 g/mol. The van der Waals surface area contributed by atoms with Crippen molar-refractivity contribution in [2.24, 2.45) is 5.92 Å². The standard InChI is InChI=1S/C11H23OP/c1-3-4-6-11(8-10-13)7-5-9-12-2/h4,6,11H,3,5,7-10,13H2,1-2H3. The Morgan fingerprint density at radius 1 is 1.38 bits per heavy atom. The third-order valence-corrected chi connectivity index (χ3v) is 2.44. The van der Waals surface area contributed by atoms with E-state index in [-0.39, 0.29) is 0 Å². The first kappa shape index (κ1) is 13.1. The van der Waals surface area contributed by atoms with Gasteiger partial charge in [-0.15, -0.1) is 9.24 Å². The molecule has 0 rings (SSSR count). The molecule has 0 N–H and O–H groups in total. The van der Waals surface area contributed by atoms with E-state index in [1.54, 1.807) is 7.11 Å². The lowest BCUT2D eigenvalue weighted by molar-refractivity contribution is 0.189. The average Bonchev–Trinajstić information content (AvgIpc) is 2.14. The molecule has 13 heavy (non-hydrogen) atoms. The Balaban J connectivity index is 3.59. The van der Waals surface area contributed by atoms with Crippen LogP contribution in [0.3, 0.4) is 0 Å². The van der Waals surface area contributed by atoms with Gasteiger partial charge in [0.1, 0.15) is 0 Å². The molecule has 0 aliphatic heterocycles. The van der Waals surface area contributed by atoms with Gasteiger partial charge in [-0.05, 0) is 37.8 Å². The highest BCUT2D eigenvalue weighted by Gasteiger charge is 2.02. The zero-order valence-electron chi connectivity index (χ0n) is 8.96. The van der Waals surface area contributed by atoms with Crippen LogP contribution in [0.4, 0.5) is 0 Å². The van der Waals surface area contributed by atoms with Gasteiger partial charge in [0.15, 0.2) is 0 Å². The lowest BCUT2D eigenvalue weighted by Crippen LogP contribution is -2.00. The van der Waals surface area contributed by atoms with Crippen LogP contribution >= 0.6 is 9.24 Å². The zero-order chi connectivity index (χ0) is 9.94. The van der Waals surface area contributed by atoms with E-state index in [2.05, 4.69) is 28.3 Å². The molecule has 0 amide bonds. The highest BCUT2D eigenvalue weighted by Crippen LogP contribution is 2.14. The van der Waals surface area contributed by atoms with Crippen molar-refractivity contribution in [3.8, 4) is 0 Å². The van der Waals surface area contributed by atoms with Gasteiger partial charge < -0.3 is 4.74 Å². The quantitative estimate of drug-likeness (QED) is 0.333. The first-order valence-corrected chi connectivity index (χ1v) is 6.02. The number of ether oxygens (including phenoxy) is 1. The molecule has 0 fully saturated rings. The van der Waals surface area contributed by atoms with Gasteiger partial charge in [-0.25, -0.2) is 0 Å². The molecule has 0 spiro atoms. The number of methoxy groups -OCH3 is 1. The molecule has 0 aliphatic rings. The Hall–Kier alpha value is 0.130. The molecule has 0 saturated carbocycles. The molecule has 0 bridgehead atoms. The van der Waals surface area contributed by atoms with Crippen molar-refractivity contribution >= 4 is 9.24 Å². The van der Waals surface area contributed by atoms with E-state index in [0.717, 1.165) is 18.9 Å². The summed E-state index contributed by atoms with van der Waals surface area (Å²) in [4.78, 5) is 0. The predicted molar refractivity (Wildman–Crippen MR) is 63.2 cm³/mol. The molecule has 78 valence electrons. The first-order valence-electron chi connectivity index (χ1n) is 5.20. The molecule has 0 aromatic rings. The van der Waals surface area contributed by atoms with Gasteiger partial charge in [-0.1, -0.05) is 19.1 Å². The molecule has 0 aromatic carbocycles. The van der Waals surface area contributed by atoms with E-state index in [4.69, 9.17) is 4.74 Å². The fourth-order valence-corrected chi connectivity index (χ4v) is 1.80. The number of rotatable bonds is 8. The molecule has 0 aromatic heterocycles. The van der Waals surface area contributed by atoms with Gasteiger partial charge in [0, 0.05) is 13.7 Å². The summed E-state index contributed by atoms with van der Waals surface area (Å²) < 4.78 is 5.05. The molecule has 0 heterocycles. The topological polar surface area (TPSA) is 9.23 Å². The molecular formula is C11H23OP. The summed E-state index contributed by atoms with van der Waals surface area (Å²) in [5, 5.41) is 0. The molecule has 2 unspecified atom stereocenters. The van der Waals surface area contributed by atoms with Crippen LogP contribution in [-0.4, -0.2) is 19.9 Å². The van der Waals surface area contributed by atoms with E-state index in [1.807, 2.05) is 0 Å². The number of hydrogen-bond donors (Lipinski definition) is 0. The average molecular weight is 202 g/mol. The minimum atomic E-state index is 0.757. The molecule has 0 saturated heterocycles. The van der Waals surface area contributed by atoms with Crippen LogP contribution in [-0.2, 0) is 4.74 Å². The largest absolute Gasteiger partial charge is 0.385 e. The predicted octanol–water partition coefficient (Wildman–Crippen LogP) is 3.26. The molecule has 0 aliphatic carbocycles. The smallest absolute Gasteiger partial charge is 0.0462 e. The van der Waals surface area contributed by atoms with E-state index in [1.165, 1.54) is 25.4 Å². The van der Waals surface area contributed by atoms with Gasteiger partial charge in [0.2, 0.25) is 0 Å². The Morgan fingerprint density at radius 3 is 2.69 bits per heavy atom. The lowest BCUT2D eigenvalue weighted by atomic mass is 10.00. The highest BCUT2D eigenvalue weighted by molar-refractivity contribution is 7.16. The monoisotopic (exact) mass is 202 g/mol. The minimum Gasteiger partial charge on any atom is -0.385 e. The summed E-state index contributed by atoms with van der Waals surface area (Å²) in [5.41, 5.74) is 0. The molecule has 0 radical (unpaired) electrons. The fourth-order valence-electron chi connectivity index (χ4n) is 1.37. The van der Waals surface area contributed by atoms with Gasteiger partial charge in [-0.3, -0.25) is 0 Å². The fraction of sp³-hybridized carbons (Fsp3) is 0.818. The SMILES string of the molecule is CCC=CC(CCP)CCCOC. The Bertz CT molecular complexity index is 123. The van der Waals surface area contributed by atoms with Crippen LogP contribution in [0.25, 0.3) is 0 Å². The summed E-state index contributed by atoms with van der Waals surface area (Å²) in [7, 11) is 4.57. The Kier molecular flexibility index (Phi) is 10.3. The number of allylic oxidation sites excluding steroid dienone is 2. The van der Waals surface area contributed by atoms with Crippen LogP contribution in [0.1, 0.15) is 32.6 Å². The maximum atomic E-state index is 5.05. The lowest BCUT2D eigenvalue weighted by Gasteiger charge is -2.10. The minimum absolute atomic E-state index is 0.757. The normalized spacial score (nSPS) is 13.8. The van der Waals surface area contributed by atoms with Crippen molar-refractivity contribution in [2.75, 3.05) is 19.9 Å².